The number of nitrogens with one attached hydrogen (secondary N) is 1. The van der Waals surface area contributed by atoms with Gasteiger partial charge < -0.3 is 5.32 Å². The minimum atomic E-state index is -0.370. The molecule has 1 N–H and O–H groups in total. The molecule has 2 aromatic rings. The Kier molecular flexibility index (Phi) is 5.49. The molecule has 0 saturated carbocycles. The van der Waals surface area contributed by atoms with Gasteiger partial charge in [0.1, 0.15) is 17.0 Å². The van der Waals surface area contributed by atoms with E-state index in [0.717, 1.165) is 11.8 Å². The number of thiocyanates is 1. The molecule has 0 aliphatic carbocycles. The number of aromatic nitrogens is 3. The molecule has 0 fully saturated rings. The number of hydrogen-bond donors (Lipinski definition) is 1. The maximum atomic E-state index is 12.9. The largest absolute Gasteiger partial charge is 0.349 e. The summed E-state index contributed by atoms with van der Waals surface area (Å²) in [5.74, 6) is 0.556. The first-order chi connectivity index (χ1) is 10.6. The minimum Gasteiger partial charge on any atom is -0.349 e. The van der Waals surface area contributed by atoms with E-state index in [1.807, 2.05) is 5.40 Å². The van der Waals surface area contributed by atoms with Crippen LogP contribution in [0.1, 0.15) is 22.9 Å². The number of nitrogens with zero attached hydrogens (tertiary/aromatic N) is 4. The van der Waals surface area contributed by atoms with Crippen molar-refractivity contribution in [3.8, 4) is 11.1 Å². The summed E-state index contributed by atoms with van der Waals surface area (Å²) >= 11 is 1.15. The van der Waals surface area contributed by atoms with Gasteiger partial charge >= 0.3 is 0 Å². The molecular formula is C14H14FN5OS. The smallest absolute Gasteiger partial charge is 0.290 e. The third-order valence-electron chi connectivity index (χ3n) is 2.82. The number of amides is 1. The summed E-state index contributed by atoms with van der Waals surface area (Å²) in [5, 5.41) is 17.2. The molecule has 22 heavy (non-hydrogen) atoms. The number of nitriles is 1. The summed E-state index contributed by atoms with van der Waals surface area (Å²) in [6, 6.07) is 5.78. The molecule has 0 unspecified atom stereocenters. The lowest BCUT2D eigenvalue weighted by molar-refractivity contribution is 0.0943. The average Bonchev–Trinajstić information content (AvgIpc) is 2.90. The van der Waals surface area contributed by atoms with E-state index in [0.29, 0.717) is 30.2 Å². The molecule has 1 amide bonds. The zero-order valence-corrected chi connectivity index (χ0v) is 12.7. The first kappa shape index (κ1) is 16.0. The maximum absolute atomic E-state index is 12.9. The van der Waals surface area contributed by atoms with Crippen LogP contribution in [-0.2, 0) is 0 Å². The van der Waals surface area contributed by atoms with Crippen molar-refractivity contribution in [1.82, 2.24) is 20.1 Å². The summed E-state index contributed by atoms with van der Waals surface area (Å²) in [4.78, 5) is 16.1. The Hall–Kier alpha value is -2.40. The van der Waals surface area contributed by atoms with Crippen LogP contribution < -0.4 is 5.32 Å². The number of carbonyl (C=O) groups excluding carboxylic acids is 1. The molecule has 0 aliphatic rings. The Labute approximate surface area is 131 Å². The van der Waals surface area contributed by atoms with Gasteiger partial charge in [0.25, 0.3) is 5.91 Å². The number of rotatable bonds is 6. The van der Waals surface area contributed by atoms with Crippen molar-refractivity contribution in [1.29, 1.82) is 5.26 Å². The fourth-order valence-electron chi connectivity index (χ4n) is 1.78. The highest BCUT2D eigenvalue weighted by atomic mass is 32.2. The van der Waals surface area contributed by atoms with Crippen LogP contribution in [0.3, 0.4) is 0 Å². The zero-order valence-electron chi connectivity index (χ0n) is 11.9. The average molecular weight is 319 g/mol. The van der Waals surface area contributed by atoms with Crippen molar-refractivity contribution < 1.29 is 9.18 Å². The van der Waals surface area contributed by atoms with Crippen molar-refractivity contribution in [2.24, 2.45) is 0 Å². The molecular weight excluding hydrogens is 305 g/mol. The van der Waals surface area contributed by atoms with Gasteiger partial charge in [-0.05, 0) is 49.4 Å². The van der Waals surface area contributed by atoms with Crippen molar-refractivity contribution in [2.45, 2.75) is 13.3 Å². The summed E-state index contributed by atoms with van der Waals surface area (Å²) in [6.07, 6.45) is 0.696. The topological polar surface area (TPSA) is 83.6 Å². The van der Waals surface area contributed by atoms with E-state index in [1.54, 1.807) is 19.1 Å². The summed E-state index contributed by atoms with van der Waals surface area (Å²) < 4.78 is 14.4. The van der Waals surface area contributed by atoms with Crippen molar-refractivity contribution >= 4 is 17.7 Å². The normalized spacial score (nSPS) is 10.2. The fraction of sp³-hybridized carbons (Fsp3) is 0.286. The van der Waals surface area contributed by atoms with Crippen LogP contribution in [0.25, 0.3) is 5.69 Å². The first-order valence-corrected chi connectivity index (χ1v) is 7.59. The predicted molar refractivity (Wildman–Crippen MR) is 81.1 cm³/mol. The monoisotopic (exact) mass is 319 g/mol. The fourth-order valence-corrected chi connectivity index (χ4v) is 2.16. The molecule has 2 rings (SSSR count). The van der Waals surface area contributed by atoms with E-state index >= 15 is 0 Å². The standard InChI is InChI=1S/C14H14FN5OS/c1-10-18-13(14(21)17-7-2-8-22-9-16)19-20(10)12-5-3-11(15)4-6-12/h3-6H,2,7-8H2,1H3,(H,17,21). The van der Waals surface area contributed by atoms with Crippen LogP contribution in [0.4, 0.5) is 4.39 Å². The summed E-state index contributed by atoms with van der Waals surface area (Å²) in [7, 11) is 0. The predicted octanol–water partition coefficient (Wildman–Crippen LogP) is 2.05. The van der Waals surface area contributed by atoms with Gasteiger partial charge in [0.05, 0.1) is 5.69 Å². The molecule has 1 heterocycles. The van der Waals surface area contributed by atoms with Crippen LogP contribution >= 0.6 is 11.8 Å². The van der Waals surface area contributed by atoms with Gasteiger partial charge in [-0.15, -0.1) is 5.10 Å². The van der Waals surface area contributed by atoms with Gasteiger partial charge in [-0.1, -0.05) is 0 Å². The van der Waals surface area contributed by atoms with Gasteiger partial charge in [0.15, 0.2) is 0 Å². The Morgan fingerprint density at radius 3 is 2.86 bits per heavy atom. The van der Waals surface area contributed by atoms with E-state index in [9.17, 15) is 9.18 Å². The van der Waals surface area contributed by atoms with E-state index in [-0.39, 0.29) is 17.5 Å². The Bertz CT molecular complexity index is 692. The third kappa shape index (κ3) is 4.05. The van der Waals surface area contributed by atoms with Gasteiger partial charge in [0.2, 0.25) is 5.82 Å². The number of benzene rings is 1. The lowest BCUT2D eigenvalue weighted by Crippen LogP contribution is -2.26. The number of carbonyl (C=O) groups is 1. The number of halogens is 1. The van der Waals surface area contributed by atoms with E-state index in [1.165, 1.54) is 16.8 Å². The van der Waals surface area contributed by atoms with Gasteiger partial charge in [-0.2, -0.15) is 5.26 Å². The maximum Gasteiger partial charge on any atom is 0.290 e. The molecule has 114 valence electrons. The Morgan fingerprint density at radius 1 is 1.45 bits per heavy atom. The number of aryl methyl sites for hydroxylation is 1. The second-order valence-corrected chi connectivity index (χ2v) is 5.30. The molecule has 0 bridgehead atoms. The van der Waals surface area contributed by atoms with Crippen LogP contribution in [0.2, 0.25) is 0 Å². The molecule has 0 radical (unpaired) electrons. The molecule has 0 aliphatic heterocycles. The molecule has 0 atom stereocenters. The minimum absolute atomic E-state index is 0.0646. The van der Waals surface area contributed by atoms with E-state index < -0.39 is 0 Å². The molecule has 8 heteroatoms. The molecule has 1 aromatic heterocycles. The highest BCUT2D eigenvalue weighted by Crippen LogP contribution is 2.10. The van der Waals surface area contributed by atoms with Crippen molar-refractivity contribution in [2.75, 3.05) is 12.3 Å². The second-order valence-electron chi connectivity index (χ2n) is 4.42. The summed E-state index contributed by atoms with van der Waals surface area (Å²) in [6.45, 7) is 2.17. The Morgan fingerprint density at radius 2 is 2.18 bits per heavy atom. The van der Waals surface area contributed by atoms with E-state index in [2.05, 4.69) is 15.4 Å². The first-order valence-electron chi connectivity index (χ1n) is 6.60. The second kappa shape index (κ2) is 7.56. The SMILES string of the molecule is Cc1nc(C(=O)NCCCSC#N)nn1-c1ccc(F)cc1. The highest BCUT2D eigenvalue weighted by molar-refractivity contribution is 8.03. The third-order valence-corrected chi connectivity index (χ3v) is 3.44. The lowest BCUT2D eigenvalue weighted by Gasteiger charge is -2.02. The quantitative estimate of drug-likeness (QED) is 0.651. The number of hydrogen-bond acceptors (Lipinski definition) is 5. The molecule has 1 aromatic carbocycles. The van der Waals surface area contributed by atoms with Crippen LogP contribution in [0.5, 0.6) is 0 Å². The Balaban J connectivity index is 2.01. The highest BCUT2D eigenvalue weighted by Gasteiger charge is 2.14. The number of thioether (sulfide) groups is 1. The van der Waals surface area contributed by atoms with Crippen LogP contribution in [0, 0.1) is 23.4 Å². The van der Waals surface area contributed by atoms with Crippen molar-refractivity contribution in [3.63, 3.8) is 0 Å². The summed E-state index contributed by atoms with van der Waals surface area (Å²) in [5.41, 5.74) is 0.635. The van der Waals surface area contributed by atoms with Crippen LogP contribution in [-0.4, -0.2) is 33.0 Å². The molecule has 6 nitrogen and oxygen atoms in total. The van der Waals surface area contributed by atoms with Crippen molar-refractivity contribution in [3.05, 3.63) is 41.7 Å². The molecule has 0 spiro atoms. The van der Waals surface area contributed by atoms with Gasteiger partial charge in [-0.25, -0.2) is 14.1 Å². The zero-order chi connectivity index (χ0) is 15.9. The van der Waals surface area contributed by atoms with Gasteiger partial charge in [-0.3, -0.25) is 4.79 Å². The van der Waals surface area contributed by atoms with E-state index in [4.69, 9.17) is 5.26 Å². The van der Waals surface area contributed by atoms with Gasteiger partial charge in [0, 0.05) is 12.3 Å². The molecule has 0 saturated heterocycles. The van der Waals surface area contributed by atoms with Crippen LogP contribution in [0.15, 0.2) is 24.3 Å². The lowest BCUT2D eigenvalue weighted by atomic mass is 10.3.